The van der Waals surface area contributed by atoms with Gasteiger partial charge in [0, 0.05) is 17.5 Å². The number of thiophene rings is 1. The minimum absolute atomic E-state index is 0.00313. The SMILES string of the molecule is Cc1nnsc1C(=O)N1CCC[C@@H]1C[C@@H](O)c1cccs1. The average Bonchev–Trinajstić information content (AvgIpc) is 3.19. The van der Waals surface area contributed by atoms with Crippen molar-refractivity contribution in [3.8, 4) is 0 Å². The smallest absolute Gasteiger partial charge is 0.267 e. The van der Waals surface area contributed by atoms with Gasteiger partial charge in [0.25, 0.3) is 5.91 Å². The lowest BCUT2D eigenvalue weighted by Gasteiger charge is -2.25. The molecule has 0 saturated carbocycles. The van der Waals surface area contributed by atoms with E-state index < -0.39 is 6.10 Å². The van der Waals surface area contributed by atoms with Crippen LogP contribution in [0.5, 0.6) is 0 Å². The monoisotopic (exact) mass is 323 g/mol. The van der Waals surface area contributed by atoms with Gasteiger partial charge in [-0.2, -0.15) is 0 Å². The molecule has 7 heteroatoms. The van der Waals surface area contributed by atoms with Gasteiger partial charge in [-0.05, 0) is 49.2 Å². The molecule has 5 nitrogen and oxygen atoms in total. The Morgan fingerprint density at radius 3 is 3.14 bits per heavy atom. The molecule has 3 rings (SSSR count). The van der Waals surface area contributed by atoms with Crippen LogP contribution in [0.2, 0.25) is 0 Å². The van der Waals surface area contributed by atoms with Crippen LogP contribution in [0.3, 0.4) is 0 Å². The third-order valence-corrected chi connectivity index (χ3v) is 5.64. The fourth-order valence-electron chi connectivity index (χ4n) is 2.76. The predicted octanol–water partition coefficient (Wildman–Crippen LogP) is 2.64. The maximum absolute atomic E-state index is 12.6. The highest BCUT2D eigenvalue weighted by Crippen LogP contribution is 2.30. The fraction of sp³-hybridized carbons (Fsp3) is 0.500. The zero-order chi connectivity index (χ0) is 14.8. The second-order valence-corrected chi connectivity index (χ2v) is 6.98. The van der Waals surface area contributed by atoms with Crippen molar-refractivity contribution in [2.75, 3.05) is 6.54 Å². The maximum atomic E-state index is 12.6. The lowest BCUT2D eigenvalue weighted by Crippen LogP contribution is -2.36. The number of carbonyl (C=O) groups is 1. The molecule has 21 heavy (non-hydrogen) atoms. The van der Waals surface area contributed by atoms with Gasteiger partial charge >= 0.3 is 0 Å². The number of rotatable bonds is 4. The summed E-state index contributed by atoms with van der Waals surface area (Å²) in [5, 5.41) is 16.2. The van der Waals surface area contributed by atoms with Crippen LogP contribution in [-0.4, -0.2) is 38.1 Å². The number of aliphatic hydroxyl groups excluding tert-OH is 1. The van der Waals surface area contributed by atoms with Crippen LogP contribution in [0.25, 0.3) is 0 Å². The molecule has 112 valence electrons. The van der Waals surface area contributed by atoms with E-state index in [9.17, 15) is 9.90 Å². The Bertz CT molecular complexity index is 612. The van der Waals surface area contributed by atoms with Crippen LogP contribution < -0.4 is 0 Å². The molecular formula is C14H17N3O2S2. The predicted molar refractivity (Wildman–Crippen MR) is 82.6 cm³/mol. The lowest BCUT2D eigenvalue weighted by molar-refractivity contribution is 0.0674. The van der Waals surface area contributed by atoms with Gasteiger partial charge in [0.1, 0.15) is 4.88 Å². The lowest BCUT2D eigenvalue weighted by atomic mass is 10.1. The van der Waals surface area contributed by atoms with Crippen LogP contribution in [0.15, 0.2) is 17.5 Å². The largest absolute Gasteiger partial charge is 0.387 e. The van der Waals surface area contributed by atoms with E-state index in [0.717, 1.165) is 35.8 Å². The highest BCUT2D eigenvalue weighted by Gasteiger charge is 2.33. The van der Waals surface area contributed by atoms with Crippen molar-refractivity contribution in [3.63, 3.8) is 0 Å². The number of likely N-dealkylation sites (tertiary alicyclic amines) is 1. The Morgan fingerprint density at radius 2 is 2.48 bits per heavy atom. The van der Waals surface area contributed by atoms with Crippen molar-refractivity contribution >= 4 is 28.8 Å². The molecule has 1 saturated heterocycles. The van der Waals surface area contributed by atoms with E-state index >= 15 is 0 Å². The summed E-state index contributed by atoms with van der Waals surface area (Å²) in [7, 11) is 0. The molecule has 0 unspecified atom stereocenters. The first-order valence-electron chi connectivity index (χ1n) is 6.98. The molecule has 3 heterocycles. The van der Waals surface area contributed by atoms with Crippen molar-refractivity contribution < 1.29 is 9.90 Å². The Morgan fingerprint density at radius 1 is 1.62 bits per heavy atom. The summed E-state index contributed by atoms with van der Waals surface area (Å²) in [5.74, 6) is 0.00313. The van der Waals surface area contributed by atoms with E-state index in [0.29, 0.717) is 17.0 Å². The number of aryl methyl sites for hydroxylation is 1. The Hall–Kier alpha value is -1.31. The van der Waals surface area contributed by atoms with Crippen molar-refractivity contribution in [2.24, 2.45) is 0 Å². The normalized spacial score (nSPS) is 19.9. The summed E-state index contributed by atoms with van der Waals surface area (Å²) in [5.41, 5.74) is 0.689. The Labute approximate surface area is 131 Å². The van der Waals surface area contributed by atoms with Crippen LogP contribution in [0, 0.1) is 6.92 Å². The van der Waals surface area contributed by atoms with Crippen molar-refractivity contribution in [1.82, 2.24) is 14.5 Å². The molecule has 1 aliphatic rings. The molecule has 2 atom stereocenters. The average molecular weight is 323 g/mol. The van der Waals surface area contributed by atoms with E-state index in [1.54, 1.807) is 11.3 Å². The van der Waals surface area contributed by atoms with E-state index in [1.807, 2.05) is 29.3 Å². The molecule has 2 aromatic rings. The summed E-state index contributed by atoms with van der Waals surface area (Å²) in [4.78, 5) is 16.0. The standard InChI is InChI=1S/C14H17N3O2S2/c1-9-13(21-16-15-9)14(19)17-6-2-4-10(17)8-11(18)12-5-3-7-20-12/h3,5,7,10-11,18H,2,4,6,8H2,1H3/t10-,11-/m1/s1. The van der Waals surface area contributed by atoms with E-state index in [-0.39, 0.29) is 11.9 Å². The van der Waals surface area contributed by atoms with Crippen LogP contribution in [0.1, 0.15) is 45.6 Å². The van der Waals surface area contributed by atoms with Gasteiger partial charge in [0.2, 0.25) is 0 Å². The van der Waals surface area contributed by atoms with Gasteiger partial charge in [-0.15, -0.1) is 16.4 Å². The summed E-state index contributed by atoms with van der Waals surface area (Å²) in [6, 6.07) is 3.97. The number of amides is 1. The van der Waals surface area contributed by atoms with Gasteiger partial charge in [-0.3, -0.25) is 4.79 Å². The second-order valence-electron chi connectivity index (χ2n) is 5.25. The second kappa shape index (κ2) is 6.21. The van der Waals surface area contributed by atoms with Gasteiger partial charge in [0.15, 0.2) is 0 Å². The molecule has 1 N–H and O–H groups in total. The third-order valence-electron chi connectivity index (χ3n) is 3.85. The fourth-order valence-corrected chi connectivity index (χ4v) is 4.10. The number of aromatic nitrogens is 2. The quantitative estimate of drug-likeness (QED) is 0.939. The van der Waals surface area contributed by atoms with Gasteiger partial charge in [0.05, 0.1) is 11.8 Å². The Kier molecular flexibility index (Phi) is 4.32. The number of hydrogen-bond acceptors (Lipinski definition) is 6. The number of hydrogen-bond donors (Lipinski definition) is 1. The van der Waals surface area contributed by atoms with Crippen molar-refractivity contribution in [2.45, 2.75) is 38.3 Å². The molecule has 0 spiro atoms. The molecule has 1 fully saturated rings. The first-order chi connectivity index (χ1) is 10.2. The van der Waals surface area contributed by atoms with Crippen molar-refractivity contribution in [3.05, 3.63) is 33.0 Å². The van der Waals surface area contributed by atoms with Crippen LogP contribution >= 0.6 is 22.9 Å². The number of nitrogens with zero attached hydrogens (tertiary/aromatic N) is 3. The molecule has 0 aromatic carbocycles. The molecule has 0 bridgehead atoms. The molecular weight excluding hydrogens is 306 g/mol. The molecule has 1 amide bonds. The summed E-state index contributed by atoms with van der Waals surface area (Å²) in [6.07, 6.45) is 2.03. The maximum Gasteiger partial charge on any atom is 0.267 e. The number of aliphatic hydroxyl groups is 1. The minimum Gasteiger partial charge on any atom is -0.387 e. The van der Waals surface area contributed by atoms with E-state index in [1.165, 1.54) is 0 Å². The minimum atomic E-state index is -0.496. The van der Waals surface area contributed by atoms with Crippen LogP contribution in [-0.2, 0) is 0 Å². The van der Waals surface area contributed by atoms with Gasteiger partial charge in [-0.25, -0.2) is 0 Å². The van der Waals surface area contributed by atoms with Gasteiger partial charge in [-0.1, -0.05) is 10.6 Å². The third kappa shape index (κ3) is 3.00. The molecule has 0 radical (unpaired) electrons. The highest BCUT2D eigenvalue weighted by atomic mass is 32.1. The topological polar surface area (TPSA) is 66.3 Å². The molecule has 0 aliphatic carbocycles. The Balaban J connectivity index is 1.71. The molecule has 1 aliphatic heterocycles. The van der Waals surface area contributed by atoms with Crippen molar-refractivity contribution in [1.29, 1.82) is 0 Å². The highest BCUT2D eigenvalue weighted by molar-refractivity contribution is 7.10. The van der Waals surface area contributed by atoms with Crippen LogP contribution in [0.4, 0.5) is 0 Å². The first-order valence-corrected chi connectivity index (χ1v) is 8.63. The summed E-state index contributed by atoms with van der Waals surface area (Å²) in [6.45, 7) is 2.56. The van der Waals surface area contributed by atoms with Gasteiger partial charge < -0.3 is 10.0 Å². The zero-order valence-corrected chi connectivity index (χ0v) is 13.4. The summed E-state index contributed by atoms with van der Waals surface area (Å²) < 4.78 is 3.84. The summed E-state index contributed by atoms with van der Waals surface area (Å²) >= 11 is 2.70. The van der Waals surface area contributed by atoms with E-state index in [2.05, 4.69) is 9.59 Å². The zero-order valence-electron chi connectivity index (χ0n) is 11.7. The molecule has 2 aromatic heterocycles. The first kappa shape index (κ1) is 14.6. The number of carbonyl (C=O) groups excluding carboxylic acids is 1. The van der Waals surface area contributed by atoms with E-state index in [4.69, 9.17) is 0 Å².